The number of hydrogen-bond donors (Lipinski definition) is 1. The molecule has 0 saturated heterocycles. The van der Waals surface area contributed by atoms with Crippen molar-refractivity contribution in [2.45, 2.75) is 25.9 Å². The number of fused-ring (bicyclic) bond motifs is 1. The van der Waals surface area contributed by atoms with Crippen LogP contribution >= 0.6 is 0 Å². The van der Waals surface area contributed by atoms with E-state index in [1.165, 1.54) is 16.7 Å². The third-order valence-electron chi connectivity index (χ3n) is 3.89. The van der Waals surface area contributed by atoms with Crippen molar-refractivity contribution in [3.8, 4) is 11.5 Å². The first-order valence-corrected chi connectivity index (χ1v) is 7.34. The maximum absolute atomic E-state index is 5.88. The van der Waals surface area contributed by atoms with Gasteiger partial charge in [0.15, 0.2) is 11.5 Å². The number of para-hydroxylation sites is 1. The van der Waals surface area contributed by atoms with Gasteiger partial charge in [-0.05, 0) is 30.5 Å². The predicted molar refractivity (Wildman–Crippen MR) is 84.0 cm³/mol. The third kappa shape index (κ3) is 3.19. The van der Waals surface area contributed by atoms with E-state index in [9.17, 15) is 0 Å². The Labute approximate surface area is 125 Å². The number of ether oxygens (including phenoxy) is 2. The largest absolute Gasteiger partial charge is 0.493 e. The molecule has 0 aliphatic carbocycles. The molecule has 0 fully saturated rings. The van der Waals surface area contributed by atoms with Crippen molar-refractivity contribution < 1.29 is 9.47 Å². The lowest BCUT2D eigenvalue weighted by molar-refractivity contribution is 0.226. The molecule has 1 atom stereocenters. The number of methoxy groups -OCH3 is 1. The van der Waals surface area contributed by atoms with Crippen LogP contribution in [0.4, 0.5) is 0 Å². The highest BCUT2D eigenvalue weighted by molar-refractivity contribution is 5.48. The molecular weight excluding hydrogens is 262 g/mol. The summed E-state index contributed by atoms with van der Waals surface area (Å²) in [6, 6.07) is 15.0. The van der Waals surface area contributed by atoms with Crippen molar-refractivity contribution in [1.29, 1.82) is 0 Å². The van der Waals surface area contributed by atoms with Crippen LogP contribution in [-0.4, -0.2) is 19.8 Å². The maximum atomic E-state index is 5.88. The van der Waals surface area contributed by atoms with Gasteiger partial charge in [0.05, 0.1) is 7.11 Å². The van der Waals surface area contributed by atoms with Crippen LogP contribution in [0.5, 0.6) is 11.5 Å². The standard InChI is InChI=1S/C18H21NO2/c1-13-6-8-14(9-7-13)11-19-16-10-15-4-3-5-17(20-2)18(15)21-12-16/h3-9,16,19H,10-12H2,1-2H3/t16-/m1/s1. The van der Waals surface area contributed by atoms with Crippen LogP contribution in [0.25, 0.3) is 0 Å². The van der Waals surface area contributed by atoms with Crippen LogP contribution < -0.4 is 14.8 Å². The van der Waals surface area contributed by atoms with Crippen LogP contribution in [-0.2, 0) is 13.0 Å². The molecule has 0 unspecified atom stereocenters. The Morgan fingerprint density at radius 2 is 2.00 bits per heavy atom. The fraction of sp³-hybridized carbons (Fsp3) is 0.333. The molecule has 21 heavy (non-hydrogen) atoms. The normalized spacial score (nSPS) is 17.0. The van der Waals surface area contributed by atoms with Crippen molar-refractivity contribution in [2.24, 2.45) is 0 Å². The Morgan fingerprint density at radius 3 is 2.76 bits per heavy atom. The minimum atomic E-state index is 0.339. The molecule has 3 nitrogen and oxygen atoms in total. The van der Waals surface area contributed by atoms with Crippen molar-refractivity contribution >= 4 is 0 Å². The van der Waals surface area contributed by atoms with Gasteiger partial charge in [0.25, 0.3) is 0 Å². The first-order chi connectivity index (χ1) is 10.3. The van der Waals surface area contributed by atoms with Gasteiger partial charge >= 0.3 is 0 Å². The highest BCUT2D eigenvalue weighted by Crippen LogP contribution is 2.34. The lowest BCUT2D eigenvalue weighted by Gasteiger charge is -2.27. The van der Waals surface area contributed by atoms with E-state index in [4.69, 9.17) is 9.47 Å². The SMILES string of the molecule is COc1cccc2c1OC[C@H](NCc1ccc(C)cc1)C2. The predicted octanol–water partition coefficient (Wildman–Crippen LogP) is 3.10. The second-order valence-electron chi connectivity index (χ2n) is 5.53. The third-order valence-corrected chi connectivity index (χ3v) is 3.89. The maximum Gasteiger partial charge on any atom is 0.164 e. The molecule has 1 aliphatic heterocycles. The smallest absolute Gasteiger partial charge is 0.164 e. The van der Waals surface area contributed by atoms with E-state index in [2.05, 4.69) is 42.6 Å². The monoisotopic (exact) mass is 283 g/mol. The molecule has 110 valence electrons. The van der Waals surface area contributed by atoms with Crippen LogP contribution in [0, 0.1) is 6.92 Å². The lowest BCUT2D eigenvalue weighted by atomic mass is 10.0. The fourth-order valence-corrected chi connectivity index (χ4v) is 2.65. The molecule has 0 bridgehead atoms. The van der Waals surface area contributed by atoms with Crippen LogP contribution in [0.1, 0.15) is 16.7 Å². The summed E-state index contributed by atoms with van der Waals surface area (Å²) >= 11 is 0. The molecule has 0 saturated carbocycles. The van der Waals surface area contributed by atoms with E-state index in [0.717, 1.165) is 24.5 Å². The van der Waals surface area contributed by atoms with Gasteiger partial charge in [0.1, 0.15) is 6.61 Å². The average Bonchev–Trinajstić information content (AvgIpc) is 2.53. The minimum Gasteiger partial charge on any atom is -0.493 e. The van der Waals surface area contributed by atoms with Crippen LogP contribution in [0.2, 0.25) is 0 Å². The highest BCUT2D eigenvalue weighted by Gasteiger charge is 2.22. The molecule has 1 aliphatic rings. The Hall–Kier alpha value is -2.00. The first kappa shape index (κ1) is 14.0. The molecular formula is C18H21NO2. The van der Waals surface area contributed by atoms with Gasteiger partial charge < -0.3 is 14.8 Å². The summed E-state index contributed by atoms with van der Waals surface area (Å²) in [5.74, 6) is 1.72. The molecule has 0 radical (unpaired) electrons. The van der Waals surface area contributed by atoms with Crippen LogP contribution in [0.15, 0.2) is 42.5 Å². The summed E-state index contributed by atoms with van der Waals surface area (Å²) in [5.41, 5.74) is 3.81. The molecule has 3 rings (SSSR count). The Balaban J connectivity index is 1.63. The molecule has 0 amide bonds. The van der Waals surface area contributed by atoms with Crippen LogP contribution in [0.3, 0.4) is 0 Å². The second-order valence-corrected chi connectivity index (χ2v) is 5.53. The lowest BCUT2D eigenvalue weighted by Crippen LogP contribution is -2.38. The highest BCUT2D eigenvalue weighted by atomic mass is 16.5. The van der Waals surface area contributed by atoms with Crippen molar-refractivity contribution in [2.75, 3.05) is 13.7 Å². The quantitative estimate of drug-likeness (QED) is 0.935. The molecule has 1 N–H and O–H groups in total. The summed E-state index contributed by atoms with van der Waals surface area (Å²) in [7, 11) is 1.68. The van der Waals surface area contributed by atoms with Gasteiger partial charge in [-0.25, -0.2) is 0 Å². The van der Waals surface area contributed by atoms with E-state index in [0.29, 0.717) is 12.6 Å². The summed E-state index contributed by atoms with van der Waals surface area (Å²) in [6.45, 7) is 3.66. The number of aryl methyl sites for hydroxylation is 1. The number of hydrogen-bond acceptors (Lipinski definition) is 3. The summed E-state index contributed by atoms with van der Waals surface area (Å²) < 4.78 is 11.2. The molecule has 0 aromatic heterocycles. The Morgan fingerprint density at radius 1 is 1.19 bits per heavy atom. The van der Waals surface area contributed by atoms with Gasteiger partial charge in [0, 0.05) is 12.6 Å². The number of benzene rings is 2. The summed E-state index contributed by atoms with van der Waals surface area (Å²) in [5, 5.41) is 3.57. The summed E-state index contributed by atoms with van der Waals surface area (Å²) in [6.07, 6.45) is 0.971. The molecule has 2 aromatic carbocycles. The molecule has 1 heterocycles. The molecule has 0 spiro atoms. The van der Waals surface area contributed by atoms with Crippen molar-refractivity contribution in [3.05, 3.63) is 59.2 Å². The van der Waals surface area contributed by atoms with Gasteiger partial charge in [-0.3, -0.25) is 0 Å². The Kier molecular flexibility index (Phi) is 4.11. The van der Waals surface area contributed by atoms with Gasteiger partial charge in [-0.1, -0.05) is 42.0 Å². The van der Waals surface area contributed by atoms with Gasteiger partial charge in [0.2, 0.25) is 0 Å². The zero-order valence-corrected chi connectivity index (χ0v) is 12.6. The van der Waals surface area contributed by atoms with E-state index in [-0.39, 0.29) is 0 Å². The Bertz CT molecular complexity index is 607. The number of nitrogens with one attached hydrogen (secondary N) is 1. The van der Waals surface area contributed by atoms with Crippen molar-refractivity contribution in [3.63, 3.8) is 0 Å². The fourth-order valence-electron chi connectivity index (χ4n) is 2.65. The minimum absolute atomic E-state index is 0.339. The molecule has 3 heteroatoms. The second kappa shape index (κ2) is 6.19. The first-order valence-electron chi connectivity index (χ1n) is 7.34. The zero-order valence-electron chi connectivity index (χ0n) is 12.6. The van der Waals surface area contributed by atoms with E-state index >= 15 is 0 Å². The van der Waals surface area contributed by atoms with Crippen molar-refractivity contribution in [1.82, 2.24) is 5.32 Å². The number of rotatable bonds is 4. The topological polar surface area (TPSA) is 30.5 Å². The molecule has 2 aromatic rings. The summed E-state index contributed by atoms with van der Waals surface area (Å²) in [4.78, 5) is 0. The average molecular weight is 283 g/mol. The van der Waals surface area contributed by atoms with E-state index in [1.54, 1.807) is 7.11 Å². The van der Waals surface area contributed by atoms with E-state index < -0.39 is 0 Å². The van der Waals surface area contributed by atoms with E-state index in [1.807, 2.05) is 12.1 Å². The van der Waals surface area contributed by atoms with Gasteiger partial charge in [-0.15, -0.1) is 0 Å². The van der Waals surface area contributed by atoms with Gasteiger partial charge in [-0.2, -0.15) is 0 Å². The zero-order chi connectivity index (χ0) is 14.7.